The zero-order valence-corrected chi connectivity index (χ0v) is 12.0. The molecule has 0 aliphatic heterocycles. The van der Waals surface area contributed by atoms with Crippen LogP contribution in [0, 0.1) is 0 Å². The number of thiophene rings is 1. The number of hydrogen-bond acceptors (Lipinski definition) is 3. The fourth-order valence-corrected chi connectivity index (χ4v) is 3.60. The van der Waals surface area contributed by atoms with Gasteiger partial charge < -0.3 is 4.52 Å². The summed E-state index contributed by atoms with van der Waals surface area (Å²) in [6, 6.07) is 4.14. The zero-order valence-electron chi connectivity index (χ0n) is 10.1. The highest BCUT2D eigenvalue weighted by Crippen LogP contribution is 2.41. The highest BCUT2D eigenvalue weighted by molar-refractivity contribution is 7.17. The topological polar surface area (TPSA) is 26.3 Å². The quantitative estimate of drug-likeness (QED) is 0.637. The van der Waals surface area contributed by atoms with Crippen LogP contribution in [0.5, 0.6) is 0 Å². The Balaban J connectivity index is 2.90. The van der Waals surface area contributed by atoms with Gasteiger partial charge >= 0.3 is 0 Å². The summed E-state index contributed by atoms with van der Waals surface area (Å²) in [7, 11) is -1.14. The van der Waals surface area contributed by atoms with Gasteiger partial charge in [0.05, 0.1) is 0 Å². The summed E-state index contributed by atoms with van der Waals surface area (Å²) in [5.74, 6) is 0. The van der Waals surface area contributed by atoms with Gasteiger partial charge in [-0.1, -0.05) is 39.2 Å². The lowest BCUT2D eigenvalue weighted by atomic mass is 9.90. The van der Waals surface area contributed by atoms with E-state index in [-0.39, 0.29) is 5.60 Å². The van der Waals surface area contributed by atoms with Crippen molar-refractivity contribution in [3.05, 3.63) is 22.4 Å². The molecule has 0 spiro atoms. The van der Waals surface area contributed by atoms with Crippen molar-refractivity contribution in [1.82, 2.24) is 0 Å². The van der Waals surface area contributed by atoms with Crippen LogP contribution in [0.25, 0.3) is 0 Å². The highest BCUT2D eigenvalue weighted by Gasteiger charge is 2.32. The largest absolute Gasteiger partial charge is 0.320 e. The average Bonchev–Trinajstić information content (AvgIpc) is 2.80. The van der Waals surface area contributed by atoms with Crippen molar-refractivity contribution < 1.29 is 9.09 Å². The van der Waals surface area contributed by atoms with Gasteiger partial charge in [-0.2, -0.15) is 0 Å². The van der Waals surface area contributed by atoms with E-state index in [0.717, 1.165) is 32.1 Å². The Labute approximate surface area is 103 Å². The van der Waals surface area contributed by atoms with E-state index in [0.29, 0.717) is 0 Å². The molecule has 2 atom stereocenters. The SMILES string of the molecule is CCCCC(CCC)(O[PH2]=O)c1cccs1. The summed E-state index contributed by atoms with van der Waals surface area (Å²) in [6.45, 7) is 4.33. The van der Waals surface area contributed by atoms with Crippen LogP contribution in [0.3, 0.4) is 0 Å². The molecule has 0 aliphatic carbocycles. The molecule has 16 heavy (non-hydrogen) atoms. The summed E-state index contributed by atoms with van der Waals surface area (Å²) in [5.41, 5.74) is -0.282. The lowest BCUT2D eigenvalue weighted by molar-refractivity contribution is 0.0624. The number of hydrogen-bond donors (Lipinski definition) is 0. The summed E-state index contributed by atoms with van der Waals surface area (Å²) < 4.78 is 16.6. The molecular weight excluding hydrogens is 239 g/mol. The van der Waals surface area contributed by atoms with Crippen LogP contribution in [-0.4, -0.2) is 0 Å². The van der Waals surface area contributed by atoms with E-state index < -0.39 is 8.69 Å². The van der Waals surface area contributed by atoms with Gasteiger partial charge in [-0.25, -0.2) is 0 Å². The van der Waals surface area contributed by atoms with Crippen LogP contribution in [0.15, 0.2) is 17.5 Å². The van der Waals surface area contributed by atoms with Gasteiger partial charge in [0.15, 0.2) is 8.69 Å². The van der Waals surface area contributed by atoms with E-state index in [9.17, 15) is 4.57 Å². The van der Waals surface area contributed by atoms with Crippen molar-refractivity contribution in [1.29, 1.82) is 0 Å². The van der Waals surface area contributed by atoms with Crippen molar-refractivity contribution in [2.45, 2.75) is 51.6 Å². The third-order valence-electron chi connectivity index (χ3n) is 2.83. The molecule has 2 nitrogen and oxygen atoms in total. The molecule has 1 aromatic rings. The summed E-state index contributed by atoms with van der Waals surface area (Å²) in [6.07, 6.45) is 5.27. The zero-order chi connectivity index (χ0) is 11.9. The van der Waals surface area contributed by atoms with E-state index in [1.54, 1.807) is 11.3 Å². The fourth-order valence-electron chi connectivity index (χ4n) is 2.04. The molecule has 4 heteroatoms. The second-order valence-corrected chi connectivity index (χ2v) is 5.42. The third kappa shape index (κ3) is 3.44. The minimum Gasteiger partial charge on any atom is -0.320 e. The molecule has 1 aromatic heterocycles. The van der Waals surface area contributed by atoms with Crippen LogP contribution in [0.1, 0.15) is 50.8 Å². The maximum atomic E-state index is 10.9. The van der Waals surface area contributed by atoms with Crippen molar-refractivity contribution in [2.75, 3.05) is 0 Å². The van der Waals surface area contributed by atoms with Crippen LogP contribution in [-0.2, 0) is 14.7 Å². The van der Waals surface area contributed by atoms with Gasteiger partial charge in [-0.15, -0.1) is 11.3 Å². The molecule has 0 radical (unpaired) electrons. The van der Waals surface area contributed by atoms with E-state index in [4.69, 9.17) is 4.52 Å². The minimum atomic E-state index is -1.14. The molecule has 2 unspecified atom stereocenters. The first-order valence-electron chi connectivity index (χ1n) is 5.94. The van der Waals surface area contributed by atoms with Crippen molar-refractivity contribution in [2.24, 2.45) is 0 Å². The first-order valence-corrected chi connectivity index (χ1v) is 7.76. The second-order valence-electron chi connectivity index (χ2n) is 4.04. The van der Waals surface area contributed by atoms with Gasteiger partial charge in [-0.05, 0) is 24.3 Å². The van der Waals surface area contributed by atoms with Crippen molar-refractivity contribution >= 4 is 20.0 Å². The third-order valence-corrected chi connectivity index (χ3v) is 4.43. The van der Waals surface area contributed by atoms with E-state index in [1.165, 1.54) is 4.88 Å². The number of rotatable bonds is 8. The van der Waals surface area contributed by atoms with Crippen LogP contribution in [0.4, 0.5) is 0 Å². The molecular formula is C12H21O2PS. The maximum absolute atomic E-state index is 10.9. The van der Waals surface area contributed by atoms with Gasteiger partial charge in [-0.3, -0.25) is 4.57 Å². The maximum Gasteiger partial charge on any atom is 0.180 e. The van der Waals surface area contributed by atoms with Gasteiger partial charge in [0.25, 0.3) is 0 Å². The Hall–Kier alpha value is -0.110. The first kappa shape index (κ1) is 14.0. The summed E-state index contributed by atoms with van der Waals surface area (Å²) in [4.78, 5) is 1.23. The van der Waals surface area contributed by atoms with E-state index in [2.05, 4.69) is 25.3 Å². The van der Waals surface area contributed by atoms with Gasteiger partial charge in [0.2, 0.25) is 0 Å². The predicted octanol–water partition coefficient (Wildman–Crippen LogP) is 4.62. The molecule has 0 aromatic carbocycles. The Morgan fingerprint density at radius 2 is 2.19 bits per heavy atom. The highest BCUT2D eigenvalue weighted by atomic mass is 32.1. The van der Waals surface area contributed by atoms with E-state index in [1.807, 2.05) is 6.07 Å². The van der Waals surface area contributed by atoms with Gasteiger partial charge in [0, 0.05) is 4.88 Å². The summed E-state index contributed by atoms with van der Waals surface area (Å²) >= 11 is 1.71. The molecule has 0 N–H and O–H groups in total. The molecule has 92 valence electrons. The average molecular weight is 260 g/mol. The molecule has 0 fully saturated rings. The molecule has 1 rings (SSSR count). The normalized spacial score (nSPS) is 15.6. The standard InChI is InChI=1S/C12H21O2PS/c1-3-5-9-12(8-4-2,14-15-13)11-7-6-10-16-11/h6-7,10H,3-5,8-9,15H2,1-2H3. The fraction of sp³-hybridized carbons (Fsp3) is 0.667. The molecule has 0 bridgehead atoms. The molecule has 0 saturated carbocycles. The summed E-state index contributed by atoms with van der Waals surface area (Å²) in [5, 5.41) is 2.06. The minimum absolute atomic E-state index is 0.282. The number of unbranched alkanes of at least 4 members (excludes halogenated alkanes) is 1. The second kappa shape index (κ2) is 7.26. The molecule has 0 amide bonds. The molecule has 1 heterocycles. The Morgan fingerprint density at radius 1 is 1.38 bits per heavy atom. The van der Waals surface area contributed by atoms with Gasteiger partial charge in [0.1, 0.15) is 5.60 Å². The Morgan fingerprint density at radius 3 is 2.69 bits per heavy atom. The molecule has 0 saturated heterocycles. The van der Waals surface area contributed by atoms with Crippen LogP contribution >= 0.6 is 20.0 Å². The Bertz CT molecular complexity index is 300. The Kier molecular flexibility index (Phi) is 6.33. The van der Waals surface area contributed by atoms with Crippen LogP contribution in [0.2, 0.25) is 0 Å². The first-order chi connectivity index (χ1) is 7.79. The smallest absolute Gasteiger partial charge is 0.180 e. The van der Waals surface area contributed by atoms with Crippen LogP contribution < -0.4 is 0 Å². The lowest BCUT2D eigenvalue weighted by Gasteiger charge is -2.30. The van der Waals surface area contributed by atoms with Crippen molar-refractivity contribution in [3.8, 4) is 0 Å². The van der Waals surface area contributed by atoms with Crippen molar-refractivity contribution in [3.63, 3.8) is 0 Å². The predicted molar refractivity (Wildman–Crippen MR) is 71.9 cm³/mol. The molecule has 0 aliphatic rings. The lowest BCUT2D eigenvalue weighted by Crippen LogP contribution is -2.25. The monoisotopic (exact) mass is 260 g/mol. The van der Waals surface area contributed by atoms with E-state index >= 15 is 0 Å².